The van der Waals surface area contributed by atoms with Gasteiger partial charge in [0.05, 0.1) is 5.52 Å². The van der Waals surface area contributed by atoms with E-state index in [1.54, 1.807) is 0 Å². The molecule has 0 fully saturated rings. The molecule has 33 heavy (non-hydrogen) atoms. The molecule has 0 atom stereocenters. The summed E-state index contributed by atoms with van der Waals surface area (Å²) in [6, 6.07) is 37.5. The summed E-state index contributed by atoms with van der Waals surface area (Å²) in [5, 5.41) is 11.2. The van der Waals surface area contributed by atoms with Crippen LogP contribution in [0, 0.1) is 0 Å². The van der Waals surface area contributed by atoms with Crippen LogP contribution in [-0.2, 0) is 0 Å². The number of hydrogen-bond acceptors (Lipinski definition) is 3. The average molecular weight is 450 g/mol. The van der Waals surface area contributed by atoms with Gasteiger partial charge in [0, 0.05) is 0 Å². The summed E-state index contributed by atoms with van der Waals surface area (Å²) in [5.74, 6) is 0.808. The van der Waals surface area contributed by atoms with Gasteiger partial charge in [0.15, 0.2) is 0 Å². The highest BCUT2D eigenvalue weighted by atomic mass is 28.4. The molecule has 0 saturated heterocycles. The molecule has 0 unspecified atom stereocenters. The van der Waals surface area contributed by atoms with Crippen LogP contribution in [0.3, 0.4) is 0 Å². The van der Waals surface area contributed by atoms with E-state index >= 15 is 0 Å². The zero-order chi connectivity index (χ0) is 22.9. The van der Waals surface area contributed by atoms with Gasteiger partial charge >= 0.3 is 8.32 Å². The topological polar surface area (TPSA) is 39.9 Å². The Morgan fingerprint density at radius 2 is 1.21 bits per heavy atom. The average Bonchev–Trinajstić information content (AvgIpc) is 3.27. The van der Waals surface area contributed by atoms with Crippen molar-refractivity contribution in [1.29, 1.82) is 0 Å². The maximum atomic E-state index is 7.29. The summed E-state index contributed by atoms with van der Waals surface area (Å²) in [7, 11) is -2.76. The number of benzene rings is 4. The number of rotatable bonds is 5. The Hall–Kier alpha value is -3.70. The minimum atomic E-state index is -2.76. The van der Waals surface area contributed by atoms with E-state index in [4.69, 9.17) is 4.43 Å². The summed E-state index contributed by atoms with van der Waals surface area (Å²) >= 11 is 0. The van der Waals surface area contributed by atoms with E-state index in [1.807, 2.05) is 53.2 Å². The molecule has 5 rings (SSSR count). The van der Waals surface area contributed by atoms with Crippen LogP contribution in [0.15, 0.2) is 109 Å². The van der Waals surface area contributed by atoms with Gasteiger partial charge in [0.25, 0.3) is 0 Å². The van der Waals surface area contributed by atoms with E-state index < -0.39 is 8.32 Å². The quantitative estimate of drug-likeness (QED) is 0.339. The van der Waals surface area contributed by atoms with Crippen LogP contribution in [0.1, 0.15) is 20.8 Å². The molecule has 4 nitrogen and oxygen atoms in total. The molecule has 164 valence electrons. The second-order valence-electron chi connectivity index (χ2n) is 9.22. The number of fused-ring (bicyclic) bond motifs is 1. The molecule has 0 bridgehead atoms. The van der Waals surface area contributed by atoms with Crippen molar-refractivity contribution >= 4 is 29.7 Å². The summed E-state index contributed by atoms with van der Waals surface area (Å²) in [5.41, 5.74) is 2.70. The Kier molecular flexibility index (Phi) is 5.34. The van der Waals surface area contributed by atoms with Crippen LogP contribution in [0.25, 0.3) is 16.7 Å². The predicted molar refractivity (Wildman–Crippen MR) is 137 cm³/mol. The van der Waals surface area contributed by atoms with Gasteiger partial charge in [-0.2, -0.15) is 0 Å². The molecular weight excluding hydrogens is 422 g/mol. The molecule has 4 aromatic carbocycles. The molecule has 0 aliphatic rings. The van der Waals surface area contributed by atoms with E-state index in [9.17, 15) is 0 Å². The smallest absolute Gasteiger partial charge is 0.320 e. The maximum absolute atomic E-state index is 7.29. The molecule has 1 heterocycles. The van der Waals surface area contributed by atoms with Gasteiger partial charge in [-0.25, -0.2) is 4.68 Å². The highest BCUT2D eigenvalue weighted by molar-refractivity contribution is 7.00. The van der Waals surface area contributed by atoms with E-state index in [2.05, 4.69) is 91.7 Å². The number of hydrogen-bond donors (Lipinski definition) is 0. The second kappa shape index (κ2) is 8.33. The highest BCUT2D eigenvalue weighted by Crippen LogP contribution is 2.39. The van der Waals surface area contributed by atoms with Gasteiger partial charge in [0.2, 0.25) is 0 Å². The largest absolute Gasteiger partial charge is 0.533 e. The van der Waals surface area contributed by atoms with E-state index in [1.165, 1.54) is 10.4 Å². The van der Waals surface area contributed by atoms with Crippen molar-refractivity contribution in [2.45, 2.75) is 25.8 Å². The molecule has 0 saturated carbocycles. The highest BCUT2D eigenvalue weighted by Gasteiger charge is 2.52. The first-order valence-corrected chi connectivity index (χ1v) is 13.1. The van der Waals surface area contributed by atoms with Crippen molar-refractivity contribution in [3.63, 3.8) is 0 Å². The molecule has 5 heteroatoms. The van der Waals surface area contributed by atoms with Crippen LogP contribution in [0.4, 0.5) is 0 Å². The predicted octanol–water partition coefficient (Wildman–Crippen LogP) is 5.36. The van der Waals surface area contributed by atoms with Gasteiger partial charge in [-0.15, -0.1) is 5.10 Å². The van der Waals surface area contributed by atoms with Crippen molar-refractivity contribution in [1.82, 2.24) is 15.0 Å². The fourth-order valence-corrected chi connectivity index (χ4v) is 9.01. The van der Waals surface area contributed by atoms with Crippen LogP contribution >= 0.6 is 0 Å². The first-order valence-electron chi connectivity index (χ1n) is 11.2. The number of para-hydroxylation sites is 3. The summed E-state index contributed by atoms with van der Waals surface area (Å²) < 4.78 is 9.17. The molecule has 5 aromatic rings. The zero-order valence-electron chi connectivity index (χ0n) is 19.1. The lowest BCUT2D eigenvalue weighted by atomic mass is 10.2. The first kappa shape index (κ1) is 21.2. The van der Waals surface area contributed by atoms with E-state index in [0.29, 0.717) is 0 Å². The Morgan fingerprint density at radius 1 is 0.667 bits per heavy atom. The van der Waals surface area contributed by atoms with E-state index in [0.717, 1.165) is 22.5 Å². The standard InChI is InChI=1S/C28H27N3OSi/c1-28(2,3)33(22-14-6-4-7-15-22,23-16-8-5-9-17-23)32-27-21-13-12-20-26(27)31-25-19-11-10-18-24(25)29-30-31/h4-21H,1-3H3. The lowest BCUT2D eigenvalue weighted by Crippen LogP contribution is -2.68. The Bertz CT molecular complexity index is 1340. The third-order valence-corrected chi connectivity index (χ3v) is 11.1. The summed E-state index contributed by atoms with van der Waals surface area (Å²) in [6.45, 7) is 6.85. The summed E-state index contributed by atoms with van der Waals surface area (Å²) in [6.07, 6.45) is 0. The summed E-state index contributed by atoms with van der Waals surface area (Å²) in [4.78, 5) is 0. The van der Waals surface area contributed by atoms with Gasteiger partial charge in [-0.05, 0) is 39.7 Å². The molecule has 0 aliphatic heterocycles. The Labute approximate surface area is 195 Å². The number of aromatic nitrogens is 3. The van der Waals surface area contributed by atoms with E-state index in [-0.39, 0.29) is 5.04 Å². The minimum Gasteiger partial charge on any atom is -0.533 e. The molecule has 0 aliphatic carbocycles. The van der Waals surface area contributed by atoms with Gasteiger partial charge in [-0.3, -0.25) is 0 Å². The third-order valence-electron chi connectivity index (χ3n) is 6.13. The van der Waals surface area contributed by atoms with Crippen molar-refractivity contribution in [3.8, 4) is 11.4 Å². The van der Waals surface area contributed by atoms with Crippen LogP contribution in [0.5, 0.6) is 5.75 Å². The van der Waals surface area contributed by atoms with Crippen molar-refractivity contribution < 1.29 is 4.43 Å². The fraction of sp³-hybridized carbons (Fsp3) is 0.143. The molecule has 0 N–H and O–H groups in total. The molecule has 0 amide bonds. The maximum Gasteiger partial charge on any atom is 0.320 e. The zero-order valence-corrected chi connectivity index (χ0v) is 20.1. The second-order valence-corrected chi connectivity index (χ2v) is 13.4. The fourth-order valence-electron chi connectivity index (χ4n) is 4.58. The third kappa shape index (κ3) is 3.64. The SMILES string of the molecule is CC(C)(C)[Si](Oc1ccccc1-n1nnc2ccccc21)(c1ccccc1)c1ccccc1. The van der Waals surface area contributed by atoms with Crippen molar-refractivity contribution in [2.24, 2.45) is 0 Å². The van der Waals surface area contributed by atoms with Gasteiger partial charge < -0.3 is 4.43 Å². The normalized spacial score (nSPS) is 12.1. The van der Waals surface area contributed by atoms with Gasteiger partial charge in [-0.1, -0.05) is 111 Å². The van der Waals surface area contributed by atoms with Crippen LogP contribution < -0.4 is 14.8 Å². The van der Waals surface area contributed by atoms with Crippen LogP contribution in [-0.4, -0.2) is 23.3 Å². The molecule has 1 aromatic heterocycles. The lowest BCUT2D eigenvalue weighted by Gasteiger charge is -2.43. The van der Waals surface area contributed by atoms with Gasteiger partial charge in [0.1, 0.15) is 17.0 Å². The number of nitrogens with zero attached hydrogens (tertiary/aromatic N) is 3. The molecule has 0 spiro atoms. The lowest BCUT2D eigenvalue weighted by molar-refractivity contribution is 0.504. The van der Waals surface area contributed by atoms with Crippen molar-refractivity contribution in [3.05, 3.63) is 109 Å². The first-order chi connectivity index (χ1) is 16.0. The Balaban J connectivity index is 1.75. The monoisotopic (exact) mass is 449 g/mol. The van der Waals surface area contributed by atoms with Crippen molar-refractivity contribution in [2.75, 3.05) is 0 Å². The molecule has 0 radical (unpaired) electrons. The molecular formula is C28H27N3OSi. The minimum absolute atomic E-state index is 0.132. The van der Waals surface area contributed by atoms with Crippen LogP contribution in [0.2, 0.25) is 5.04 Å². The Morgan fingerprint density at radius 3 is 1.85 bits per heavy atom.